The maximum absolute atomic E-state index is 3.56. The topological polar surface area (TPSA) is 15.3 Å². The van der Waals surface area contributed by atoms with Crippen molar-refractivity contribution in [2.45, 2.75) is 51.0 Å². The van der Waals surface area contributed by atoms with Crippen LogP contribution in [0.2, 0.25) is 0 Å². The van der Waals surface area contributed by atoms with E-state index in [0.717, 1.165) is 0 Å². The van der Waals surface area contributed by atoms with E-state index < -0.39 is 0 Å². The monoisotopic (exact) mass is 196 g/mol. The summed E-state index contributed by atoms with van der Waals surface area (Å²) in [5.41, 5.74) is 0.587. The summed E-state index contributed by atoms with van der Waals surface area (Å²) in [6.45, 7) is 7.51. The van der Waals surface area contributed by atoms with Gasteiger partial charge in [0.05, 0.1) is 0 Å². The summed E-state index contributed by atoms with van der Waals surface area (Å²) in [6.07, 6.45) is 8.48. The van der Waals surface area contributed by atoms with Crippen molar-refractivity contribution in [3.63, 3.8) is 0 Å². The van der Waals surface area contributed by atoms with Gasteiger partial charge in [-0.1, -0.05) is 32.6 Å². The number of hydrogen-bond donors (Lipinski definition) is 1. The van der Waals surface area contributed by atoms with Crippen molar-refractivity contribution in [3.8, 4) is 0 Å². The highest BCUT2D eigenvalue weighted by Crippen LogP contribution is 2.29. The third-order valence-corrected chi connectivity index (χ3v) is 3.73. The quantitative estimate of drug-likeness (QED) is 0.654. The molecule has 0 saturated carbocycles. The SMILES string of the molecule is CCCCCCCN1CC2(CCN2)C1. The largest absolute Gasteiger partial charge is 0.309 e. The zero-order valence-electron chi connectivity index (χ0n) is 9.52. The molecule has 0 unspecified atom stereocenters. The molecule has 14 heavy (non-hydrogen) atoms. The summed E-state index contributed by atoms with van der Waals surface area (Å²) >= 11 is 0. The molecule has 2 fully saturated rings. The fourth-order valence-electron chi connectivity index (χ4n) is 2.66. The van der Waals surface area contributed by atoms with Gasteiger partial charge in [0.2, 0.25) is 0 Å². The van der Waals surface area contributed by atoms with E-state index >= 15 is 0 Å². The lowest BCUT2D eigenvalue weighted by atomic mass is 9.80. The lowest BCUT2D eigenvalue weighted by Gasteiger charge is -2.56. The third kappa shape index (κ3) is 2.29. The number of likely N-dealkylation sites (tertiary alicyclic amines) is 1. The molecule has 0 atom stereocenters. The van der Waals surface area contributed by atoms with Crippen LogP contribution in [-0.2, 0) is 0 Å². The minimum atomic E-state index is 0.587. The molecular weight excluding hydrogens is 172 g/mol. The van der Waals surface area contributed by atoms with Gasteiger partial charge in [0, 0.05) is 18.6 Å². The van der Waals surface area contributed by atoms with Crippen molar-refractivity contribution in [2.75, 3.05) is 26.2 Å². The number of nitrogens with one attached hydrogen (secondary N) is 1. The van der Waals surface area contributed by atoms with Crippen LogP contribution in [0.3, 0.4) is 0 Å². The van der Waals surface area contributed by atoms with Crippen LogP contribution in [0.5, 0.6) is 0 Å². The first-order chi connectivity index (χ1) is 6.85. The van der Waals surface area contributed by atoms with Crippen molar-refractivity contribution >= 4 is 0 Å². The van der Waals surface area contributed by atoms with E-state index in [4.69, 9.17) is 0 Å². The van der Waals surface area contributed by atoms with Gasteiger partial charge in [-0.3, -0.25) is 4.90 Å². The Bertz CT molecular complexity index is 167. The van der Waals surface area contributed by atoms with E-state index in [9.17, 15) is 0 Å². The van der Waals surface area contributed by atoms with Gasteiger partial charge in [-0.25, -0.2) is 0 Å². The molecule has 0 aromatic heterocycles. The molecule has 0 amide bonds. The summed E-state index contributed by atoms with van der Waals surface area (Å²) in [4.78, 5) is 2.61. The van der Waals surface area contributed by atoms with Crippen LogP contribution < -0.4 is 5.32 Å². The molecule has 1 N–H and O–H groups in total. The molecule has 0 radical (unpaired) electrons. The van der Waals surface area contributed by atoms with Gasteiger partial charge in [-0.2, -0.15) is 0 Å². The number of rotatable bonds is 6. The van der Waals surface area contributed by atoms with Crippen molar-refractivity contribution in [1.29, 1.82) is 0 Å². The first-order valence-electron chi connectivity index (χ1n) is 6.32. The Labute approximate surface area is 88.1 Å². The van der Waals surface area contributed by atoms with Gasteiger partial charge in [0.15, 0.2) is 0 Å². The lowest BCUT2D eigenvalue weighted by molar-refractivity contribution is -0.00605. The molecule has 2 saturated heterocycles. The lowest BCUT2D eigenvalue weighted by Crippen LogP contribution is -2.75. The molecule has 2 nitrogen and oxygen atoms in total. The molecule has 2 heterocycles. The summed E-state index contributed by atoms with van der Waals surface area (Å²) < 4.78 is 0. The van der Waals surface area contributed by atoms with Crippen LogP contribution in [0.4, 0.5) is 0 Å². The Balaban J connectivity index is 1.44. The predicted molar refractivity (Wildman–Crippen MR) is 60.5 cm³/mol. The number of unbranched alkanes of at least 4 members (excludes halogenated alkanes) is 4. The van der Waals surface area contributed by atoms with Gasteiger partial charge in [0.25, 0.3) is 0 Å². The van der Waals surface area contributed by atoms with Crippen LogP contribution in [0, 0.1) is 0 Å². The van der Waals surface area contributed by atoms with Crippen LogP contribution in [0.15, 0.2) is 0 Å². The smallest absolute Gasteiger partial charge is 0.0449 e. The highest BCUT2D eigenvalue weighted by atomic mass is 15.3. The Kier molecular flexibility index (Phi) is 3.45. The highest BCUT2D eigenvalue weighted by Gasteiger charge is 2.46. The zero-order chi connectivity index (χ0) is 9.86. The average Bonchev–Trinajstić information content (AvgIpc) is 2.04. The number of hydrogen-bond acceptors (Lipinski definition) is 2. The van der Waals surface area contributed by atoms with Crippen LogP contribution in [0.1, 0.15) is 45.4 Å². The van der Waals surface area contributed by atoms with Crippen molar-refractivity contribution < 1.29 is 0 Å². The van der Waals surface area contributed by atoms with Crippen LogP contribution >= 0.6 is 0 Å². The molecule has 2 rings (SSSR count). The van der Waals surface area contributed by atoms with E-state index in [1.54, 1.807) is 0 Å². The maximum Gasteiger partial charge on any atom is 0.0449 e. The van der Waals surface area contributed by atoms with Crippen molar-refractivity contribution in [3.05, 3.63) is 0 Å². The second kappa shape index (κ2) is 4.63. The molecule has 0 bridgehead atoms. The normalized spacial score (nSPS) is 24.6. The summed E-state index contributed by atoms with van der Waals surface area (Å²) in [5, 5.41) is 3.56. The third-order valence-electron chi connectivity index (χ3n) is 3.73. The van der Waals surface area contributed by atoms with Gasteiger partial charge < -0.3 is 5.32 Å². The fourth-order valence-corrected chi connectivity index (χ4v) is 2.66. The maximum atomic E-state index is 3.56. The average molecular weight is 196 g/mol. The van der Waals surface area contributed by atoms with E-state index in [-0.39, 0.29) is 0 Å². The molecule has 0 aromatic rings. The first-order valence-corrected chi connectivity index (χ1v) is 6.32. The van der Waals surface area contributed by atoms with E-state index in [0.29, 0.717) is 5.54 Å². The minimum absolute atomic E-state index is 0.587. The molecule has 1 spiro atoms. The van der Waals surface area contributed by atoms with Gasteiger partial charge in [-0.05, 0) is 25.9 Å². The molecule has 2 heteroatoms. The fraction of sp³-hybridized carbons (Fsp3) is 1.00. The standard InChI is InChI=1S/C12H24N2/c1-2-3-4-5-6-9-14-10-12(11-14)7-8-13-12/h13H,2-11H2,1H3. The zero-order valence-corrected chi connectivity index (χ0v) is 9.52. The van der Waals surface area contributed by atoms with Gasteiger partial charge in [0.1, 0.15) is 0 Å². The highest BCUT2D eigenvalue weighted by molar-refractivity contribution is 5.08. The Morgan fingerprint density at radius 3 is 2.43 bits per heavy atom. The molecular formula is C12H24N2. The van der Waals surface area contributed by atoms with Gasteiger partial charge in [-0.15, -0.1) is 0 Å². The number of nitrogens with zero attached hydrogens (tertiary/aromatic N) is 1. The first kappa shape index (κ1) is 10.4. The minimum Gasteiger partial charge on any atom is -0.309 e. The second-order valence-corrected chi connectivity index (χ2v) is 5.08. The Morgan fingerprint density at radius 2 is 1.86 bits per heavy atom. The summed E-state index contributed by atoms with van der Waals surface area (Å²) in [5.74, 6) is 0. The van der Waals surface area contributed by atoms with E-state index in [2.05, 4.69) is 17.1 Å². The predicted octanol–water partition coefficient (Wildman–Crippen LogP) is 2.00. The van der Waals surface area contributed by atoms with E-state index in [1.165, 1.54) is 64.7 Å². The Morgan fingerprint density at radius 1 is 1.14 bits per heavy atom. The Hall–Kier alpha value is -0.0800. The summed E-state index contributed by atoms with van der Waals surface area (Å²) in [7, 11) is 0. The van der Waals surface area contributed by atoms with Crippen LogP contribution in [0.25, 0.3) is 0 Å². The molecule has 0 aliphatic carbocycles. The van der Waals surface area contributed by atoms with Gasteiger partial charge >= 0.3 is 0 Å². The second-order valence-electron chi connectivity index (χ2n) is 5.08. The molecule has 82 valence electrons. The van der Waals surface area contributed by atoms with Crippen LogP contribution in [-0.4, -0.2) is 36.6 Å². The van der Waals surface area contributed by atoms with Crippen molar-refractivity contribution in [1.82, 2.24) is 10.2 Å². The molecule has 2 aliphatic rings. The molecule has 0 aromatic carbocycles. The summed E-state index contributed by atoms with van der Waals surface area (Å²) in [6, 6.07) is 0. The van der Waals surface area contributed by atoms with Crippen molar-refractivity contribution in [2.24, 2.45) is 0 Å². The molecule has 2 aliphatic heterocycles. The van der Waals surface area contributed by atoms with E-state index in [1.807, 2.05) is 0 Å².